The topological polar surface area (TPSA) is 245 Å². The van der Waals surface area contributed by atoms with Gasteiger partial charge in [0.05, 0.1) is 182 Å². The lowest BCUT2D eigenvalue weighted by Gasteiger charge is -2.49. The predicted octanol–water partition coefficient (Wildman–Crippen LogP) is 2.93. The molecule has 3 saturated heterocycles. The van der Waals surface area contributed by atoms with E-state index in [1.807, 2.05) is 49.0 Å². The van der Waals surface area contributed by atoms with Gasteiger partial charge < -0.3 is 77.5 Å². The first-order valence-electron chi connectivity index (χ1n) is 27.1. The molecule has 0 bridgehead atoms. The molecule has 4 aliphatic rings. The molecule has 436 valence electrons. The molecule has 22 nitrogen and oxygen atoms in total. The first-order valence-corrected chi connectivity index (χ1v) is 29.2. The number of nitrogens with one attached hydrogen (secondary N) is 3. The van der Waals surface area contributed by atoms with E-state index >= 15 is 0 Å². The number of unbranched alkanes of at least 4 members (excludes halogenated alkanes) is 1. The van der Waals surface area contributed by atoms with Gasteiger partial charge in [-0.2, -0.15) is 11.8 Å². The fraction of sp³-hybridized carbons (Fsp3) is 0.755. The molecule has 24 heteroatoms. The van der Waals surface area contributed by atoms with Gasteiger partial charge >= 0.3 is 12.0 Å². The number of urea groups is 1. The largest absolute Gasteiger partial charge is 0.456 e. The third-order valence-corrected chi connectivity index (χ3v) is 15.4. The van der Waals surface area contributed by atoms with Gasteiger partial charge in [-0.3, -0.25) is 19.3 Å². The Labute approximate surface area is 462 Å². The summed E-state index contributed by atoms with van der Waals surface area (Å²) in [5.74, 6) is 0.336. The number of carbonyl (C=O) groups excluding carboxylic acids is 5. The lowest BCUT2D eigenvalue weighted by Crippen LogP contribution is -2.61. The molecule has 0 aromatic heterocycles. The minimum Gasteiger partial charge on any atom is -0.456 e. The number of ether oxygens (including phenoxy) is 13. The maximum Gasteiger partial charge on any atom is 0.355 e. The Morgan fingerprint density at radius 3 is 1.58 bits per heavy atom. The average Bonchev–Trinajstić information content (AvgIpc) is 4.00. The second-order valence-corrected chi connectivity index (χ2v) is 20.6. The minimum absolute atomic E-state index is 0.0346. The molecule has 3 fully saturated rings. The van der Waals surface area contributed by atoms with Crippen molar-refractivity contribution in [1.29, 1.82) is 0 Å². The van der Waals surface area contributed by atoms with Crippen molar-refractivity contribution in [3.63, 3.8) is 0 Å². The van der Waals surface area contributed by atoms with Crippen molar-refractivity contribution in [2.45, 2.75) is 74.8 Å². The second kappa shape index (κ2) is 40.7. The van der Waals surface area contributed by atoms with Crippen LogP contribution < -0.4 is 16.0 Å². The number of nitrogens with zero attached hydrogens (tertiary/aromatic N) is 1. The monoisotopic (exact) mass is 1130 g/mol. The highest BCUT2D eigenvalue weighted by molar-refractivity contribution is 8.00. The molecule has 0 unspecified atom stereocenters. The summed E-state index contributed by atoms with van der Waals surface area (Å²) in [6.45, 7) is 12.9. The summed E-state index contributed by atoms with van der Waals surface area (Å²) in [6.07, 6.45) is 3.62. The predicted molar refractivity (Wildman–Crippen MR) is 287 cm³/mol. The summed E-state index contributed by atoms with van der Waals surface area (Å²) >= 11 is 3.46. The van der Waals surface area contributed by atoms with Crippen LogP contribution in [0.15, 0.2) is 41.6 Å². The Hall–Kier alpha value is -3.47. The smallest absolute Gasteiger partial charge is 0.355 e. The summed E-state index contributed by atoms with van der Waals surface area (Å²) in [6, 6.07) is 9.77. The van der Waals surface area contributed by atoms with Crippen molar-refractivity contribution in [2.75, 3.05) is 177 Å². The number of benzene rings is 1. The highest BCUT2D eigenvalue weighted by Crippen LogP contribution is 2.45. The molecule has 5 atom stereocenters. The van der Waals surface area contributed by atoms with Gasteiger partial charge in [-0.25, -0.2) is 9.59 Å². The number of amides is 4. The van der Waals surface area contributed by atoms with E-state index in [2.05, 4.69) is 16.0 Å². The van der Waals surface area contributed by atoms with E-state index in [1.165, 1.54) is 4.90 Å². The van der Waals surface area contributed by atoms with Crippen molar-refractivity contribution in [2.24, 2.45) is 5.92 Å². The summed E-state index contributed by atoms with van der Waals surface area (Å²) in [5.41, 5.74) is 1.96. The number of ketones is 1. The van der Waals surface area contributed by atoms with Crippen LogP contribution in [0.3, 0.4) is 0 Å². The molecule has 1 aromatic rings. The standard InChI is InChI=1S/C53H84N4O18S2/c1-41-39-77-51-44(50(60)57(51)49(41)52(61)75-38-42-7-3-2-4-8-42)37-43(58)11-13-63-15-17-65-19-21-67-23-25-69-27-29-71-31-33-73-35-36-74-34-32-72-30-28-70-26-24-68-22-20-66-18-16-64-14-12-54-47(59)10-6-5-9-46-48-45(40-76-46)55-53(62)56-48/h2-4,7-8,44-46,48,51H,5-6,9-40H2,1H3,(H,54,59)(H2,55,56,62)/t44-,45-,46-,48-,51-/m0/s1. The Morgan fingerprint density at radius 2 is 1.08 bits per heavy atom. The van der Waals surface area contributed by atoms with E-state index in [4.69, 9.17) is 61.6 Å². The molecule has 0 spiro atoms. The number of fused-ring (bicyclic) bond motifs is 2. The van der Waals surface area contributed by atoms with E-state index in [0.717, 1.165) is 36.2 Å². The van der Waals surface area contributed by atoms with Crippen molar-refractivity contribution >= 4 is 53.1 Å². The van der Waals surface area contributed by atoms with E-state index in [0.29, 0.717) is 182 Å². The zero-order valence-electron chi connectivity index (χ0n) is 44.9. The third kappa shape index (κ3) is 26.6. The van der Waals surface area contributed by atoms with Crippen molar-refractivity contribution < 1.29 is 85.6 Å². The lowest BCUT2D eigenvalue weighted by molar-refractivity contribution is -0.156. The van der Waals surface area contributed by atoms with Gasteiger partial charge in [0.2, 0.25) is 11.8 Å². The SMILES string of the molecule is CC1=C(C(=O)OCc2ccccc2)N2C(=O)[C@H](CC(=O)CCOCCOCCOCCOCCOCCOCCOCCOCCOCCOCCOCCOCCNC(=O)CCCC[C@@H]3SC[C@@H]4NC(=O)N[C@@H]43)[C@@H]2SC1. The van der Waals surface area contributed by atoms with Gasteiger partial charge in [0.1, 0.15) is 18.1 Å². The number of hydrogen-bond acceptors (Lipinski definition) is 20. The molecule has 0 radical (unpaired) electrons. The van der Waals surface area contributed by atoms with E-state index < -0.39 is 11.9 Å². The van der Waals surface area contributed by atoms with Crippen LogP contribution >= 0.6 is 23.5 Å². The molecule has 1 aromatic carbocycles. The van der Waals surface area contributed by atoms with Crippen LogP contribution in [0.5, 0.6) is 0 Å². The maximum absolute atomic E-state index is 13.1. The van der Waals surface area contributed by atoms with Gasteiger partial charge in [-0.15, -0.1) is 11.8 Å². The maximum atomic E-state index is 13.1. The van der Waals surface area contributed by atoms with Crippen molar-refractivity contribution in [1.82, 2.24) is 20.9 Å². The number of carbonyl (C=O) groups is 5. The molecule has 4 heterocycles. The second-order valence-electron chi connectivity index (χ2n) is 18.3. The fourth-order valence-corrected chi connectivity index (χ4v) is 11.3. The number of thioether (sulfide) groups is 2. The summed E-state index contributed by atoms with van der Waals surface area (Å²) in [7, 11) is 0. The minimum atomic E-state index is -0.519. The number of β-lactam (4-membered cyclic amide) rings is 1. The summed E-state index contributed by atoms with van der Waals surface area (Å²) < 4.78 is 71.8. The van der Waals surface area contributed by atoms with Crippen LogP contribution in [-0.4, -0.2) is 234 Å². The molecular weight excluding hydrogens is 1040 g/mol. The molecule has 5 rings (SSSR count). The Morgan fingerprint density at radius 1 is 0.597 bits per heavy atom. The van der Waals surface area contributed by atoms with Gasteiger partial charge in [-0.05, 0) is 30.9 Å². The molecule has 4 amide bonds. The Kier molecular flexibility index (Phi) is 34.0. The van der Waals surface area contributed by atoms with Crippen LogP contribution in [0.25, 0.3) is 0 Å². The number of hydrogen-bond donors (Lipinski definition) is 3. The summed E-state index contributed by atoms with van der Waals surface area (Å²) in [4.78, 5) is 63.8. The van der Waals surface area contributed by atoms with E-state index in [9.17, 15) is 24.0 Å². The van der Waals surface area contributed by atoms with Gasteiger partial charge in [-0.1, -0.05) is 36.8 Å². The van der Waals surface area contributed by atoms with Crippen LogP contribution in [-0.2, 0) is 87.4 Å². The zero-order chi connectivity index (χ0) is 54.4. The van der Waals surface area contributed by atoms with Gasteiger partial charge in [0.15, 0.2) is 0 Å². The number of rotatable bonds is 49. The summed E-state index contributed by atoms with van der Waals surface area (Å²) in [5, 5.41) is 9.03. The molecular formula is C53H84N4O18S2. The molecule has 0 aliphatic carbocycles. The first-order chi connectivity index (χ1) is 37.8. The molecule has 4 aliphatic heterocycles. The molecule has 0 saturated carbocycles. The van der Waals surface area contributed by atoms with Crippen LogP contribution in [0.2, 0.25) is 0 Å². The third-order valence-electron chi connectivity index (χ3n) is 12.4. The van der Waals surface area contributed by atoms with E-state index in [1.54, 1.807) is 11.8 Å². The van der Waals surface area contributed by atoms with Crippen molar-refractivity contribution in [3.05, 3.63) is 47.2 Å². The number of Topliss-reactive ketones (excluding diaryl/α,β-unsaturated/α-hetero) is 1. The van der Waals surface area contributed by atoms with E-state index in [-0.39, 0.29) is 67.1 Å². The highest BCUT2D eigenvalue weighted by Gasteiger charge is 2.53. The Bertz CT molecular complexity index is 1860. The average molecular weight is 1130 g/mol. The van der Waals surface area contributed by atoms with Crippen LogP contribution in [0.1, 0.15) is 51.0 Å². The van der Waals surface area contributed by atoms with Crippen molar-refractivity contribution in [3.8, 4) is 0 Å². The fourth-order valence-electron chi connectivity index (χ4n) is 8.37. The zero-order valence-corrected chi connectivity index (χ0v) is 46.6. The highest BCUT2D eigenvalue weighted by atomic mass is 32.2. The van der Waals surface area contributed by atoms with Gasteiger partial charge in [0.25, 0.3) is 0 Å². The van der Waals surface area contributed by atoms with Crippen LogP contribution in [0, 0.1) is 5.92 Å². The lowest BCUT2D eigenvalue weighted by atomic mass is 9.90. The normalized spacial score (nSPS) is 19.7. The molecule has 77 heavy (non-hydrogen) atoms. The van der Waals surface area contributed by atoms with Gasteiger partial charge in [0, 0.05) is 42.6 Å². The molecule has 3 N–H and O–H groups in total. The number of esters is 1. The quantitative estimate of drug-likeness (QED) is 0.0368. The Balaban J connectivity index is 0.652. The van der Waals surface area contributed by atoms with Crippen LogP contribution in [0.4, 0.5) is 4.79 Å². The first kappa shape index (κ1) is 64.4.